The number of carboxylic acid groups (broad SMARTS) is 1. The molecule has 98 valence electrons. The van der Waals surface area contributed by atoms with Gasteiger partial charge in [-0.2, -0.15) is 11.8 Å². The highest BCUT2D eigenvalue weighted by molar-refractivity contribution is 7.99. The summed E-state index contributed by atoms with van der Waals surface area (Å²) in [6.45, 7) is 0. The zero-order chi connectivity index (χ0) is 13.1. The molecule has 0 amide bonds. The second-order valence-corrected chi connectivity index (χ2v) is 5.12. The summed E-state index contributed by atoms with van der Waals surface area (Å²) in [6, 6.07) is 3.97. The molecular formula is C12H14FNO3S. The van der Waals surface area contributed by atoms with Crippen LogP contribution in [0.1, 0.15) is 11.6 Å². The van der Waals surface area contributed by atoms with E-state index < -0.39 is 17.8 Å². The number of benzene rings is 1. The van der Waals surface area contributed by atoms with Gasteiger partial charge in [0.2, 0.25) is 0 Å². The third-order valence-electron chi connectivity index (χ3n) is 2.85. The molecule has 1 aromatic rings. The number of nitrogens with one attached hydrogen (secondary N) is 1. The lowest BCUT2D eigenvalue weighted by molar-refractivity contribution is -0.139. The van der Waals surface area contributed by atoms with E-state index in [4.69, 9.17) is 9.84 Å². The predicted octanol–water partition coefficient (Wildman–Crippen LogP) is 1.67. The molecule has 2 atom stereocenters. The van der Waals surface area contributed by atoms with Gasteiger partial charge in [-0.05, 0) is 17.7 Å². The van der Waals surface area contributed by atoms with Gasteiger partial charge in [-0.25, -0.2) is 4.39 Å². The van der Waals surface area contributed by atoms with Crippen LogP contribution in [0.4, 0.5) is 4.39 Å². The molecule has 1 saturated heterocycles. The number of ether oxygens (including phenoxy) is 1. The lowest BCUT2D eigenvalue weighted by atomic mass is 10.1. The van der Waals surface area contributed by atoms with E-state index in [1.54, 1.807) is 23.9 Å². The summed E-state index contributed by atoms with van der Waals surface area (Å²) in [5.74, 6) is 0.150. The molecule has 2 unspecified atom stereocenters. The van der Waals surface area contributed by atoms with E-state index in [1.807, 2.05) is 0 Å². The molecule has 0 saturated carbocycles. The van der Waals surface area contributed by atoms with Crippen LogP contribution in [0.5, 0.6) is 5.75 Å². The smallest absolute Gasteiger partial charge is 0.321 e. The van der Waals surface area contributed by atoms with Crippen LogP contribution in [0.2, 0.25) is 0 Å². The van der Waals surface area contributed by atoms with E-state index in [2.05, 4.69) is 5.32 Å². The molecule has 1 heterocycles. The van der Waals surface area contributed by atoms with Crippen LogP contribution in [-0.2, 0) is 4.79 Å². The monoisotopic (exact) mass is 271 g/mol. The summed E-state index contributed by atoms with van der Waals surface area (Å²) in [4.78, 5) is 10.9. The second kappa shape index (κ2) is 5.58. The van der Waals surface area contributed by atoms with Gasteiger partial charge in [0.1, 0.15) is 6.04 Å². The zero-order valence-electron chi connectivity index (χ0n) is 9.85. The third kappa shape index (κ3) is 2.76. The van der Waals surface area contributed by atoms with Crippen molar-refractivity contribution in [3.05, 3.63) is 29.6 Å². The van der Waals surface area contributed by atoms with Gasteiger partial charge in [0.15, 0.2) is 11.6 Å². The van der Waals surface area contributed by atoms with Gasteiger partial charge in [-0.1, -0.05) is 6.07 Å². The van der Waals surface area contributed by atoms with Crippen molar-refractivity contribution in [3.8, 4) is 5.75 Å². The predicted molar refractivity (Wildman–Crippen MR) is 67.6 cm³/mol. The Morgan fingerprint density at radius 1 is 1.56 bits per heavy atom. The number of carbonyl (C=O) groups is 1. The minimum atomic E-state index is -0.874. The Morgan fingerprint density at radius 3 is 2.94 bits per heavy atom. The quantitative estimate of drug-likeness (QED) is 0.875. The maximum atomic E-state index is 13.6. The first-order valence-electron chi connectivity index (χ1n) is 5.52. The minimum Gasteiger partial charge on any atom is -0.494 e. The number of rotatable bonds is 3. The molecule has 2 N–H and O–H groups in total. The number of hydrogen-bond acceptors (Lipinski definition) is 4. The summed E-state index contributed by atoms with van der Waals surface area (Å²) < 4.78 is 18.4. The molecule has 0 bridgehead atoms. The number of methoxy groups -OCH3 is 1. The number of carboxylic acids is 1. The van der Waals surface area contributed by atoms with Crippen LogP contribution in [0.15, 0.2) is 18.2 Å². The molecule has 1 fully saturated rings. The maximum absolute atomic E-state index is 13.6. The maximum Gasteiger partial charge on any atom is 0.321 e. The molecule has 0 aliphatic carbocycles. The molecule has 0 aromatic heterocycles. The molecule has 0 spiro atoms. The molecule has 2 rings (SSSR count). The minimum absolute atomic E-state index is 0.148. The van der Waals surface area contributed by atoms with Crippen LogP contribution >= 0.6 is 11.8 Å². The summed E-state index contributed by atoms with van der Waals surface area (Å²) >= 11 is 1.55. The van der Waals surface area contributed by atoms with Crippen molar-refractivity contribution in [1.29, 1.82) is 0 Å². The first-order valence-corrected chi connectivity index (χ1v) is 6.67. The molecule has 1 aliphatic heterocycles. The molecule has 18 heavy (non-hydrogen) atoms. The van der Waals surface area contributed by atoms with Crippen molar-refractivity contribution in [3.63, 3.8) is 0 Å². The van der Waals surface area contributed by atoms with Gasteiger partial charge >= 0.3 is 5.97 Å². The molecule has 4 nitrogen and oxygen atoms in total. The summed E-state index contributed by atoms with van der Waals surface area (Å²) in [6.07, 6.45) is 0. The van der Waals surface area contributed by atoms with Gasteiger partial charge in [-0.15, -0.1) is 0 Å². The van der Waals surface area contributed by atoms with Crippen LogP contribution in [0.3, 0.4) is 0 Å². The van der Waals surface area contributed by atoms with E-state index in [1.165, 1.54) is 13.2 Å². The van der Waals surface area contributed by atoms with Gasteiger partial charge < -0.3 is 9.84 Å². The highest BCUT2D eigenvalue weighted by Gasteiger charge is 2.27. The van der Waals surface area contributed by atoms with E-state index in [9.17, 15) is 9.18 Å². The standard InChI is InChI=1S/C12H14FNO3S/c1-17-11-3-2-7(4-8(11)13)9-5-18-6-10(14-9)12(15)16/h2-4,9-10,14H,5-6H2,1H3,(H,15,16). The number of aliphatic carboxylic acids is 1. The number of hydrogen-bond donors (Lipinski definition) is 2. The van der Waals surface area contributed by atoms with Gasteiger partial charge in [0.25, 0.3) is 0 Å². The van der Waals surface area contributed by atoms with Crippen molar-refractivity contribution < 1.29 is 19.0 Å². The van der Waals surface area contributed by atoms with Crippen LogP contribution in [0, 0.1) is 5.82 Å². The van der Waals surface area contributed by atoms with E-state index in [-0.39, 0.29) is 11.8 Å². The summed E-state index contributed by atoms with van der Waals surface area (Å²) in [5.41, 5.74) is 0.742. The lowest BCUT2D eigenvalue weighted by Crippen LogP contribution is -2.45. The molecule has 6 heteroatoms. The van der Waals surface area contributed by atoms with Crippen molar-refractivity contribution in [2.45, 2.75) is 12.1 Å². The normalized spacial score (nSPS) is 23.7. The molecule has 1 aromatic carbocycles. The van der Waals surface area contributed by atoms with Gasteiger partial charge in [0, 0.05) is 17.5 Å². The summed E-state index contributed by atoms with van der Waals surface area (Å²) in [7, 11) is 1.41. The Hall–Kier alpha value is -1.27. The van der Waals surface area contributed by atoms with Gasteiger partial charge in [0.05, 0.1) is 7.11 Å². The number of thioether (sulfide) groups is 1. The van der Waals surface area contributed by atoms with E-state index >= 15 is 0 Å². The zero-order valence-corrected chi connectivity index (χ0v) is 10.7. The van der Waals surface area contributed by atoms with Crippen LogP contribution < -0.4 is 10.1 Å². The lowest BCUT2D eigenvalue weighted by Gasteiger charge is -2.28. The fourth-order valence-corrected chi connectivity index (χ4v) is 3.01. The highest BCUT2D eigenvalue weighted by atomic mass is 32.2. The van der Waals surface area contributed by atoms with Crippen molar-refractivity contribution in [1.82, 2.24) is 5.32 Å². The van der Waals surface area contributed by atoms with Crippen molar-refractivity contribution in [2.75, 3.05) is 18.6 Å². The SMILES string of the molecule is COc1ccc(C2CSCC(C(=O)O)N2)cc1F. The van der Waals surface area contributed by atoms with E-state index in [0.717, 1.165) is 11.3 Å². The Morgan fingerprint density at radius 2 is 2.33 bits per heavy atom. The average molecular weight is 271 g/mol. The topological polar surface area (TPSA) is 58.6 Å². The second-order valence-electron chi connectivity index (χ2n) is 4.04. The Kier molecular flexibility index (Phi) is 4.08. The van der Waals surface area contributed by atoms with E-state index in [0.29, 0.717) is 5.75 Å². The van der Waals surface area contributed by atoms with Crippen molar-refractivity contribution in [2.24, 2.45) is 0 Å². The molecule has 0 radical (unpaired) electrons. The Balaban J connectivity index is 2.16. The largest absolute Gasteiger partial charge is 0.494 e. The summed E-state index contributed by atoms with van der Waals surface area (Å²) in [5, 5.41) is 12.0. The Bertz CT molecular complexity index is 455. The molecule has 1 aliphatic rings. The average Bonchev–Trinajstić information content (AvgIpc) is 2.38. The van der Waals surface area contributed by atoms with Crippen LogP contribution in [0.25, 0.3) is 0 Å². The first kappa shape index (κ1) is 13.2. The Labute approximate surface area is 109 Å². The number of halogens is 1. The van der Waals surface area contributed by atoms with Gasteiger partial charge in [-0.3, -0.25) is 10.1 Å². The fourth-order valence-electron chi connectivity index (χ4n) is 1.88. The highest BCUT2D eigenvalue weighted by Crippen LogP contribution is 2.27. The van der Waals surface area contributed by atoms with Crippen LogP contribution in [-0.4, -0.2) is 35.7 Å². The fraction of sp³-hybridized carbons (Fsp3) is 0.417. The first-order chi connectivity index (χ1) is 8.61. The third-order valence-corrected chi connectivity index (χ3v) is 3.99. The van der Waals surface area contributed by atoms with Crippen molar-refractivity contribution >= 4 is 17.7 Å². The molecular weight excluding hydrogens is 257 g/mol.